The molecule has 9 rings (SSSR count). The van der Waals surface area contributed by atoms with Crippen molar-refractivity contribution >= 4 is 38.5 Å². The van der Waals surface area contributed by atoms with E-state index in [9.17, 15) is 0 Å². The Hall–Kier alpha value is -5.29. The van der Waals surface area contributed by atoms with Crippen LogP contribution in [0, 0.1) is 0 Å². The Morgan fingerprint density at radius 3 is 2.33 bits per heavy atom. The van der Waals surface area contributed by atoms with E-state index < -0.39 is 0 Å². The monoisotopic (exact) mass is 543 g/mol. The summed E-state index contributed by atoms with van der Waals surface area (Å²) in [5.74, 6) is 0.977. The minimum absolute atomic E-state index is 0.846. The molecule has 0 radical (unpaired) electrons. The molecular weight excluding hydrogens is 514 g/mol. The zero-order valence-corrected chi connectivity index (χ0v) is 23.6. The first-order valence-corrected chi connectivity index (χ1v) is 14.5. The number of anilines is 1. The summed E-state index contributed by atoms with van der Waals surface area (Å²) < 4.78 is 4.65. The van der Waals surface area contributed by atoms with Crippen molar-refractivity contribution in [2.45, 2.75) is 6.42 Å². The number of hydrogen-bond acceptors (Lipinski definition) is 3. The van der Waals surface area contributed by atoms with E-state index in [1.807, 2.05) is 0 Å². The predicted molar refractivity (Wildman–Crippen MR) is 173 cm³/mol. The fourth-order valence-corrected chi connectivity index (χ4v) is 6.97. The molecule has 0 atom stereocenters. The second-order valence-electron chi connectivity index (χ2n) is 11.6. The third-order valence-corrected chi connectivity index (χ3v) is 9.02. The van der Waals surface area contributed by atoms with E-state index in [-0.39, 0.29) is 0 Å². The van der Waals surface area contributed by atoms with Crippen LogP contribution in [0.15, 0.2) is 116 Å². The molecule has 0 N–H and O–H groups in total. The molecule has 2 aromatic heterocycles. The van der Waals surface area contributed by atoms with Gasteiger partial charge in [0.1, 0.15) is 5.82 Å². The number of rotatable bonds is 3. The Balaban J connectivity index is 1.31. The van der Waals surface area contributed by atoms with Gasteiger partial charge in [0.25, 0.3) is 0 Å². The van der Waals surface area contributed by atoms with Crippen LogP contribution in [0.3, 0.4) is 0 Å². The van der Waals surface area contributed by atoms with Gasteiger partial charge >= 0.3 is 0 Å². The average molecular weight is 544 g/mol. The van der Waals surface area contributed by atoms with Gasteiger partial charge in [-0.25, -0.2) is 4.98 Å². The molecule has 0 saturated heterocycles. The third kappa shape index (κ3) is 3.34. The van der Waals surface area contributed by atoms with Gasteiger partial charge in [0, 0.05) is 54.2 Å². The zero-order chi connectivity index (χ0) is 27.9. The Morgan fingerprint density at radius 1 is 0.619 bits per heavy atom. The highest BCUT2D eigenvalue weighted by Gasteiger charge is 2.23. The van der Waals surface area contributed by atoms with E-state index in [0.717, 1.165) is 41.2 Å². The molecule has 1 aliphatic carbocycles. The first-order valence-electron chi connectivity index (χ1n) is 14.5. The van der Waals surface area contributed by atoms with E-state index in [2.05, 4.69) is 149 Å². The molecule has 0 unspecified atom stereocenters. The smallest absolute Gasteiger partial charge is 0.140 e. The summed E-state index contributed by atoms with van der Waals surface area (Å²) >= 11 is 0. The second-order valence-corrected chi connectivity index (χ2v) is 11.6. The average Bonchev–Trinajstić information content (AvgIpc) is 3.78. The van der Waals surface area contributed by atoms with Gasteiger partial charge in [0.15, 0.2) is 0 Å². The maximum absolute atomic E-state index is 5.03. The van der Waals surface area contributed by atoms with Crippen LogP contribution in [-0.4, -0.2) is 32.7 Å². The molecule has 7 aromatic rings. The van der Waals surface area contributed by atoms with Crippen LogP contribution in [0.4, 0.5) is 5.69 Å². The summed E-state index contributed by atoms with van der Waals surface area (Å²) in [6.45, 7) is 0.846. The molecule has 2 aliphatic rings. The SMILES string of the molecule is CN1C=CN(c2cccc(-n3c4cc(-c5nc6ccccc6n5C)ccc4c4cc5c(cc43)Cc3ccccc3-5)c2)C1. The third-order valence-electron chi connectivity index (χ3n) is 9.02. The van der Waals surface area contributed by atoms with Gasteiger partial charge in [-0.3, -0.25) is 0 Å². The zero-order valence-electron chi connectivity index (χ0n) is 23.6. The number of para-hydroxylation sites is 2. The highest BCUT2D eigenvalue weighted by molar-refractivity contribution is 6.12. The van der Waals surface area contributed by atoms with Crippen LogP contribution >= 0.6 is 0 Å². The van der Waals surface area contributed by atoms with Crippen molar-refractivity contribution in [3.05, 3.63) is 127 Å². The van der Waals surface area contributed by atoms with Gasteiger partial charge in [-0.05, 0) is 77.2 Å². The molecule has 5 heteroatoms. The number of imidazole rings is 1. The van der Waals surface area contributed by atoms with E-state index >= 15 is 0 Å². The number of benzene rings is 5. The molecule has 5 nitrogen and oxygen atoms in total. The molecule has 42 heavy (non-hydrogen) atoms. The van der Waals surface area contributed by atoms with Gasteiger partial charge in [0.2, 0.25) is 0 Å². The number of nitrogens with zero attached hydrogens (tertiary/aromatic N) is 5. The Kier molecular flexibility index (Phi) is 4.80. The van der Waals surface area contributed by atoms with Crippen molar-refractivity contribution in [2.24, 2.45) is 7.05 Å². The van der Waals surface area contributed by atoms with Gasteiger partial charge < -0.3 is 18.9 Å². The van der Waals surface area contributed by atoms with E-state index in [1.165, 1.54) is 49.7 Å². The Bertz CT molecular complexity index is 2250. The van der Waals surface area contributed by atoms with Crippen LogP contribution in [0.2, 0.25) is 0 Å². The molecule has 0 spiro atoms. The van der Waals surface area contributed by atoms with Crippen molar-refractivity contribution in [2.75, 3.05) is 18.6 Å². The molecule has 5 aromatic carbocycles. The summed E-state index contributed by atoms with van der Waals surface area (Å²) in [6.07, 6.45) is 5.25. The normalized spacial score (nSPS) is 14.0. The fraction of sp³-hybridized carbons (Fsp3) is 0.108. The van der Waals surface area contributed by atoms with Crippen molar-refractivity contribution < 1.29 is 0 Å². The lowest BCUT2D eigenvalue weighted by atomic mass is 10.0. The number of aromatic nitrogens is 3. The van der Waals surface area contributed by atoms with Crippen LogP contribution in [0.5, 0.6) is 0 Å². The maximum Gasteiger partial charge on any atom is 0.140 e. The molecule has 202 valence electrons. The van der Waals surface area contributed by atoms with Crippen LogP contribution in [-0.2, 0) is 13.5 Å². The molecule has 0 fully saturated rings. The largest absolute Gasteiger partial charge is 0.361 e. The van der Waals surface area contributed by atoms with Gasteiger partial charge in [0.05, 0.1) is 28.7 Å². The lowest BCUT2D eigenvalue weighted by Gasteiger charge is -2.19. The van der Waals surface area contributed by atoms with Crippen molar-refractivity contribution in [1.29, 1.82) is 0 Å². The van der Waals surface area contributed by atoms with Crippen LogP contribution in [0.25, 0.3) is 61.0 Å². The van der Waals surface area contributed by atoms with E-state index in [0.29, 0.717) is 0 Å². The highest BCUT2D eigenvalue weighted by atomic mass is 15.3. The number of hydrogen-bond donors (Lipinski definition) is 0. The molecule has 3 heterocycles. The summed E-state index contributed by atoms with van der Waals surface area (Å²) in [6, 6.07) is 37.8. The first-order chi connectivity index (χ1) is 20.6. The standard InChI is InChI=1S/C37H29N5/c1-39-16-17-41(23-39)27-9-7-10-28(21-27)42-35-19-25(37-38-33-12-5-6-13-34(33)40(37)2)14-15-30(35)32-22-31-26(20-36(32)42)18-24-8-3-4-11-29(24)31/h3-17,19-22H,18,23H2,1-2H3. The van der Waals surface area contributed by atoms with E-state index in [4.69, 9.17) is 4.98 Å². The first kappa shape index (κ1) is 23.4. The Labute approximate surface area is 244 Å². The van der Waals surface area contributed by atoms with Crippen molar-refractivity contribution in [3.63, 3.8) is 0 Å². The van der Waals surface area contributed by atoms with Gasteiger partial charge in [-0.1, -0.05) is 54.6 Å². The fourth-order valence-electron chi connectivity index (χ4n) is 6.97. The number of aryl methyl sites for hydroxylation is 1. The van der Waals surface area contributed by atoms with Crippen LogP contribution in [0.1, 0.15) is 11.1 Å². The summed E-state index contributed by atoms with van der Waals surface area (Å²) in [5.41, 5.74) is 13.6. The highest BCUT2D eigenvalue weighted by Crippen LogP contribution is 2.43. The Morgan fingerprint density at radius 2 is 1.45 bits per heavy atom. The molecule has 0 bridgehead atoms. The van der Waals surface area contributed by atoms with E-state index in [1.54, 1.807) is 0 Å². The quantitative estimate of drug-likeness (QED) is 0.226. The van der Waals surface area contributed by atoms with Gasteiger partial charge in [-0.2, -0.15) is 0 Å². The minimum atomic E-state index is 0.846. The lowest BCUT2D eigenvalue weighted by Crippen LogP contribution is -2.21. The van der Waals surface area contributed by atoms with Crippen molar-refractivity contribution in [1.82, 2.24) is 19.0 Å². The van der Waals surface area contributed by atoms with Crippen LogP contribution < -0.4 is 4.90 Å². The summed E-state index contributed by atoms with van der Waals surface area (Å²) in [4.78, 5) is 9.51. The predicted octanol–water partition coefficient (Wildman–Crippen LogP) is 8.09. The maximum atomic E-state index is 5.03. The van der Waals surface area contributed by atoms with Gasteiger partial charge in [-0.15, -0.1) is 0 Å². The number of fused-ring (bicyclic) bond motifs is 7. The molecule has 0 amide bonds. The summed E-state index contributed by atoms with van der Waals surface area (Å²) in [5, 5.41) is 2.54. The molecule has 1 aliphatic heterocycles. The second kappa shape index (κ2) is 8.60. The molecular formula is C37H29N5. The summed E-state index contributed by atoms with van der Waals surface area (Å²) in [7, 11) is 4.21. The minimum Gasteiger partial charge on any atom is -0.361 e. The topological polar surface area (TPSA) is 29.2 Å². The van der Waals surface area contributed by atoms with Crippen molar-refractivity contribution in [3.8, 4) is 28.2 Å². The molecule has 0 saturated carbocycles. The lowest BCUT2D eigenvalue weighted by molar-refractivity contribution is 0.496.